The van der Waals surface area contributed by atoms with Gasteiger partial charge in [-0.15, -0.1) is 0 Å². The average Bonchev–Trinajstić information content (AvgIpc) is 2.30. The first kappa shape index (κ1) is 6.58. The van der Waals surface area contributed by atoms with Crippen LogP contribution in [0.15, 0.2) is 12.2 Å². The molecule has 3 heteroatoms. The van der Waals surface area contributed by atoms with E-state index in [1.54, 1.807) is 0 Å². The number of carbonyl (C=O) groups excluding carboxylic acids is 2. The summed E-state index contributed by atoms with van der Waals surface area (Å²) in [5, 5.41) is 0. The second-order valence-electron chi connectivity index (χ2n) is 2.92. The van der Waals surface area contributed by atoms with Crippen LogP contribution in [0.5, 0.6) is 0 Å². The highest BCUT2D eigenvalue weighted by molar-refractivity contribution is 5.97. The van der Waals surface area contributed by atoms with E-state index in [-0.39, 0.29) is 23.8 Å². The molecule has 0 spiro atoms. The number of esters is 2. The van der Waals surface area contributed by atoms with Crippen molar-refractivity contribution in [2.24, 2.45) is 11.8 Å². The number of cyclic esters (lactones) is 2. The maximum Gasteiger partial charge on any atom is 0.495 e. The smallest absolute Gasteiger partial charge is 0.338 e. The third kappa shape index (κ3) is 0.878. The Balaban J connectivity index is 2.28. The highest BCUT2D eigenvalue weighted by Gasteiger charge is 2.51. The van der Waals surface area contributed by atoms with Gasteiger partial charge >= 0.3 is 11.9 Å². The second kappa shape index (κ2) is 2.19. The van der Waals surface area contributed by atoms with Gasteiger partial charge in [0.15, 0.2) is 0 Å². The first-order chi connectivity index (χ1) is 5.29. The van der Waals surface area contributed by atoms with Crippen LogP contribution in [-0.2, 0) is 9.53 Å². The molecule has 11 heavy (non-hydrogen) atoms. The Morgan fingerprint density at radius 1 is 1.36 bits per heavy atom. The average molecular weight is 153 g/mol. The lowest BCUT2D eigenvalue weighted by Crippen LogP contribution is -2.19. The number of rotatable bonds is 0. The van der Waals surface area contributed by atoms with Crippen molar-refractivity contribution in [1.29, 1.82) is 0 Å². The van der Waals surface area contributed by atoms with Crippen LogP contribution in [0.25, 0.3) is 0 Å². The van der Waals surface area contributed by atoms with Crippen LogP contribution in [0, 0.1) is 11.8 Å². The molecule has 1 aliphatic carbocycles. The van der Waals surface area contributed by atoms with Gasteiger partial charge in [0, 0.05) is 0 Å². The predicted molar refractivity (Wildman–Crippen MR) is 38.4 cm³/mol. The Kier molecular flexibility index (Phi) is 1.31. The predicted octanol–water partition coefficient (Wildman–Crippen LogP) is 0.628. The third-order valence-corrected chi connectivity index (χ3v) is 2.26. The first-order valence-electron chi connectivity index (χ1n) is 3.71. The van der Waals surface area contributed by atoms with Gasteiger partial charge in [0.25, 0.3) is 0 Å². The van der Waals surface area contributed by atoms with E-state index in [4.69, 9.17) is 4.79 Å². The van der Waals surface area contributed by atoms with E-state index in [1.165, 1.54) is 0 Å². The summed E-state index contributed by atoms with van der Waals surface area (Å²) in [4.78, 5) is 20.1. The van der Waals surface area contributed by atoms with Gasteiger partial charge in [0.2, 0.25) is 0 Å². The number of carbonyl (C=O) groups is 1. The minimum absolute atomic E-state index is 0.0764. The molecular weight excluding hydrogens is 144 g/mol. The molecule has 0 aromatic heterocycles. The number of hydrogen-bond donors (Lipinski definition) is 0. The molecule has 1 heterocycles. The third-order valence-electron chi connectivity index (χ3n) is 2.26. The van der Waals surface area contributed by atoms with E-state index in [0.29, 0.717) is 6.42 Å². The summed E-state index contributed by atoms with van der Waals surface area (Å²) in [6, 6.07) is 0. The molecule has 3 nitrogen and oxygen atoms in total. The minimum Gasteiger partial charge on any atom is -0.338 e. The standard InChI is InChI=1S/C8H8O3/c9-7-5-3-1-2-4-6(5)8(10)11-7/h1-2,5-6H,3-4H2/p+1. The maximum absolute atomic E-state index is 11.0. The fraction of sp³-hybridized carbons (Fsp3) is 0.500. The molecule has 1 N–H and O–H groups in total. The molecule has 2 rings (SSSR count). The molecule has 1 fully saturated rings. The number of ether oxygens (including phenoxy) is 1. The van der Waals surface area contributed by atoms with Crippen LogP contribution < -0.4 is 0 Å². The Bertz CT molecular complexity index is 218. The Morgan fingerprint density at radius 3 is 2.64 bits per heavy atom. The lowest BCUT2D eigenvalue weighted by Gasteiger charge is -2.09. The fourth-order valence-electron chi connectivity index (χ4n) is 1.60. The van der Waals surface area contributed by atoms with Crippen molar-refractivity contribution in [2.75, 3.05) is 0 Å². The second-order valence-corrected chi connectivity index (χ2v) is 2.92. The van der Waals surface area contributed by atoms with Crippen molar-refractivity contribution in [3.63, 3.8) is 0 Å². The van der Waals surface area contributed by atoms with Gasteiger partial charge in [0.1, 0.15) is 11.8 Å². The van der Waals surface area contributed by atoms with Gasteiger partial charge in [-0.3, -0.25) is 0 Å². The molecule has 2 atom stereocenters. The lowest BCUT2D eigenvalue weighted by atomic mass is 9.85. The molecule has 1 saturated heterocycles. The summed E-state index contributed by atoms with van der Waals surface area (Å²) in [6.07, 6.45) is 5.36. The molecule has 1 aliphatic heterocycles. The van der Waals surface area contributed by atoms with Crippen molar-refractivity contribution < 1.29 is 14.3 Å². The summed E-state index contributed by atoms with van der Waals surface area (Å²) in [5.41, 5.74) is 0. The van der Waals surface area contributed by atoms with Crippen molar-refractivity contribution in [3.05, 3.63) is 12.2 Å². The topological polar surface area (TPSA) is 47.7 Å². The summed E-state index contributed by atoms with van der Waals surface area (Å²) in [7, 11) is 0. The molecule has 0 amide bonds. The van der Waals surface area contributed by atoms with Crippen LogP contribution in [0.1, 0.15) is 12.8 Å². The molecule has 0 saturated carbocycles. The molecule has 58 valence electrons. The normalized spacial score (nSPS) is 35.3. The number of hydrogen-bond acceptors (Lipinski definition) is 2. The largest absolute Gasteiger partial charge is 0.495 e. The van der Waals surface area contributed by atoms with Crippen molar-refractivity contribution in [1.82, 2.24) is 0 Å². The summed E-state index contributed by atoms with van der Waals surface area (Å²) >= 11 is 0. The van der Waals surface area contributed by atoms with Gasteiger partial charge in [0.05, 0.1) is 0 Å². The molecule has 0 bridgehead atoms. The lowest BCUT2D eigenvalue weighted by molar-refractivity contribution is -0.137. The van der Waals surface area contributed by atoms with Gasteiger partial charge in [-0.2, -0.15) is 0 Å². The Morgan fingerprint density at radius 2 is 2.00 bits per heavy atom. The van der Waals surface area contributed by atoms with Crippen LogP contribution in [0.2, 0.25) is 0 Å². The molecule has 0 aromatic rings. The minimum atomic E-state index is -0.281. The van der Waals surface area contributed by atoms with E-state index in [2.05, 4.69) is 4.74 Å². The summed E-state index contributed by atoms with van der Waals surface area (Å²) in [5.74, 6) is -0.575. The van der Waals surface area contributed by atoms with Crippen molar-refractivity contribution in [2.45, 2.75) is 12.8 Å². The van der Waals surface area contributed by atoms with Crippen LogP contribution >= 0.6 is 0 Å². The maximum atomic E-state index is 11.0. The monoisotopic (exact) mass is 153 g/mol. The fourth-order valence-corrected chi connectivity index (χ4v) is 1.60. The highest BCUT2D eigenvalue weighted by atomic mass is 16.6. The summed E-state index contributed by atoms with van der Waals surface area (Å²) in [6.45, 7) is 0. The number of fused-ring (bicyclic) bond motifs is 1. The zero-order chi connectivity index (χ0) is 7.84. The van der Waals surface area contributed by atoms with Gasteiger partial charge in [-0.1, -0.05) is 12.2 Å². The summed E-state index contributed by atoms with van der Waals surface area (Å²) < 4.78 is 4.60. The van der Waals surface area contributed by atoms with Gasteiger partial charge in [-0.05, 0) is 12.8 Å². The quantitative estimate of drug-likeness (QED) is 0.222. The SMILES string of the molecule is O=C1OC(=[OH+])C2CC=CCC12. The van der Waals surface area contributed by atoms with Gasteiger partial charge < -0.3 is 4.79 Å². The van der Waals surface area contributed by atoms with E-state index < -0.39 is 0 Å². The van der Waals surface area contributed by atoms with Crippen molar-refractivity contribution >= 4 is 11.9 Å². The molecule has 2 aliphatic rings. The van der Waals surface area contributed by atoms with Crippen LogP contribution in [0.4, 0.5) is 0 Å². The van der Waals surface area contributed by atoms with Crippen LogP contribution in [-0.4, -0.2) is 16.7 Å². The molecule has 2 unspecified atom stereocenters. The zero-order valence-corrected chi connectivity index (χ0v) is 5.99. The van der Waals surface area contributed by atoms with Crippen molar-refractivity contribution in [3.8, 4) is 0 Å². The molecular formula is C8H9O3+. The molecule has 0 radical (unpaired) electrons. The first-order valence-corrected chi connectivity index (χ1v) is 3.71. The van der Waals surface area contributed by atoms with E-state index in [1.807, 2.05) is 12.2 Å². The van der Waals surface area contributed by atoms with E-state index >= 15 is 0 Å². The highest BCUT2D eigenvalue weighted by Crippen LogP contribution is 2.32. The molecule has 0 aromatic carbocycles. The van der Waals surface area contributed by atoms with Crippen LogP contribution in [0.3, 0.4) is 0 Å². The Hall–Kier alpha value is -1.12. The Labute approximate surface area is 64.0 Å². The van der Waals surface area contributed by atoms with E-state index in [9.17, 15) is 4.79 Å². The van der Waals surface area contributed by atoms with Gasteiger partial charge in [-0.25, -0.2) is 9.53 Å². The number of allylic oxidation sites excluding steroid dienone is 2. The van der Waals surface area contributed by atoms with E-state index in [0.717, 1.165) is 6.42 Å². The zero-order valence-electron chi connectivity index (χ0n) is 5.99.